The second kappa shape index (κ2) is 5.04. The van der Waals surface area contributed by atoms with Crippen molar-refractivity contribution in [3.05, 3.63) is 42.0 Å². The molecular formula is C14H18N2O. The number of rotatable bonds is 5. The molecule has 0 aromatic heterocycles. The predicted octanol–water partition coefficient (Wildman–Crippen LogP) is 2.49. The Balaban J connectivity index is 2.10. The van der Waals surface area contributed by atoms with Crippen LogP contribution in [-0.4, -0.2) is 18.5 Å². The molecule has 1 amide bonds. The van der Waals surface area contributed by atoms with Crippen LogP contribution in [0.15, 0.2) is 30.9 Å². The summed E-state index contributed by atoms with van der Waals surface area (Å²) < 4.78 is 0. The largest absolute Gasteiger partial charge is 0.381 e. The van der Waals surface area contributed by atoms with Crippen molar-refractivity contribution in [2.45, 2.75) is 25.8 Å². The second-order valence-electron chi connectivity index (χ2n) is 4.45. The molecule has 0 saturated heterocycles. The Bertz CT molecular complexity index is 436. The quantitative estimate of drug-likeness (QED) is 0.763. The molecule has 0 spiro atoms. The van der Waals surface area contributed by atoms with E-state index in [2.05, 4.69) is 17.2 Å². The van der Waals surface area contributed by atoms with E-state index in [4.69, 9.17) is 0 Å². The summed E-state index contributed by atoms with van der Waals surface area (Å²) in [6.07, 6.45) is 4.02. The monoisotopic (exact) mass is 230 g/mol. The van der Waals surface area contributed by atoms with Crippen molar-refractivity contribution in [3.63, 3.8) is 0 Å². The van der Waals surface area contributed by atoms with Crippen molar-refractivity contribution >= 4 is 11.6 Å². The van der Waals surface area contributed by atoms with E-state index in [0.29, 0.717) is 18.2 Å². The second-order valence-corrected chi connectivity index (χ2v) is 4.45. The molecule has 0 heterocycles. The number of amides is 1. The molecule has 0 radical (unpaired) electrons. The smallest absolute Gasteiger partial charge is 0.251 e. The van der Waals surface area contributed by atoms with Gasteiger partial charge in [0.2, 0.25) is 0 Å². The first kappa shape index (κ1) is 11.7. The van der Waals surface area contributed by atoms with Gasteiger partial charge < -0.3 is 10.6 Å². The molecule has 2 rings (SSSR count). The maximum atomic E-state index is 11.9. The van der Waals surface area contributed by atoms with E-state index < -0.39 is 0 Å². The van der Waals surface area contributed by atoms with Gasteiger partial charge in [-0.15, -0.1) is 6.58 Å². The van der Waals surface area contributed by atoms with Crippen LogP contribution < -0.4 is 10.6 Å². The van der Waals surface area contributed by atoms with Gasteiger partial charge in [0.15, 0.2) is 0 Å². The minimum absolute atomic E-state index is 0.0224. The average molecular weight is 230 g/mol. The minimum atomic E-state index is 0.0224. The molecule has 90 valence electrons. The Hall–Kier alpha value is -1.77. The Morgan fingerprint density at radius 1 is 1.53 bits per heavy atom. The molecule has 0 aliphatic heterocycles. The lowest BCUT2D eigenvalue weighted by Crippen LogP contribution is -2.25. The first-order valence-corrected chi connectivity index (χ1v) is 5.97. The van der Waals surface area contributed by atoms with Crippen LogP contribution in [-0.2, 0) is 0 Å². The topological polar surface area (TPSA) is 41.1 Å². The molecule has 17 heavy (non-hydrogen) atoms. The summed E-state index contributed by atoms with van der Waals surface area (Å²) >= 11 is 0. The zero-order chi connectivity index (χ0) is 12.3. The Morgan fingerprint density at radius 2 is 2.29 bits per heavy atom. The van der Waals surface area contributed by atoms with E-state index in [0.717, 1.165) is 24.1 Å². The van der Waals surface area contributed by atoms with E-state index >= 15 is 0 Å². The summed E-state index contributed by atoms with van der Waals surface area (Å²) in [5.41, 5.74) is 2.84. The van der Waals surface area contributed by atoms with Gasteiger partial charge in [-0.05, 0) is 37.5 Å². The number of anilines is 1. The van der Waals surface area contributed by atoms with Crippen LogP contribution in [0.4, 0.5) is 5.69 Å². The number of nitrogens with one attached hydrogen (secondary N) is 2. The minimum Gasteiger partial charge on any atom is -0.381 e. The summed E-state index contributed by atoms with van der Waals surface area (Å²) in [6.45, 7) is 6.39. The van der Waals surface area contributed by atoms with Crippen molar-refractivity contribution in [2.75, 3.05) is 11.9 Å². The van der Waals surface area contributed by atoms with Crippen LogP contribution >= 0.6 is 0 Å². The molecule has 0 unspecified atom stereocenters. The molecule has 1 aromatic rings. The number of aryl methyl sites for hydroxylation is 1. The zero-order valence-electron chi connectivity index (χ0n) is 10.1. The summed E-state index contributed by atoms with van der Waals surface area (Å²) in [7, 11) is 0. The maximum absolute atomic E-state index is 11.9. The molecular weight excluding hydrogens is 212 g/mol. The van der Waals surface area contributed by atoms with Gasteiger partial charge >= 0.3 is 0 Å². The Labute approximate surface area is 102 Å². The normalized spacial score (nSPS) is 14.2. The SMILES string of the molecule is C=CCNc1cc(C(=O)NC2CC2)ccc1C. The fourth-order valence-corrected chi connectivity index (χ4v) is 1.63. The summed E-state index contributed by atoms with van der Waals surface area (Å²) in [5, 5.41) is 6.21. The van der Waals surface area contributed by atoms with Gasteiger partial charge in [-0.1, -0.05) is 12.1 Å². The fraction of sp³-hybridized carbons (Fsp3) is 0.357. The molecule has 0 bridgehead atoms. The lowest BCUT2D eigenvalue weighted by molar-refractivity contribution is 0.0951. The van der Waals surface area contributed by atoms with Crippen molar-refractivity contribution in [2.24, 2.45) is 0 Å². The third kappa shape index (κ3) is 3.09. The van der Waals surface area contributed by atoms with Gasteiger partial charge in [0.25, 0.3) is 5.91 Å². The maximum Gasteiger partial charge on any atom is 0.251 e. The van der Waals surface area contributed by atoms with Crippen molar-refractivity contribution in [1.29, 1.82) is 0 Å². The summed E-state index contributed by atoms with van der Waals surface area (Å²) in [4.78, 5) is 11.9. The van der Waals surface area contributed by atoms with Gasteiger partial charge in [0.05, 0.1) is 0 Å². The molecule has 2 N–H and O–H groups in total. The number of carbonyl (C=O) groups is 1. The number of carbonyl (C=O) groups excluding carboxylic acids is 1. The lowest BCUT2D eigenvalue weighted by Gasteiger charge is -2.10. The molecule has 1 aliphatic rings. The van der Waals surface area contributed by atoms with Gasteiger partial charge in [-0.3, -0.25) is 4.79 Å². The molecule has 1 aliphatic carbocycles. The highest BCUT2D eigenvalue weighted by atomic mass is 16.1. The zero-order valence-corrected chi connectivity index (χ0v) is 10.1. The van der Waals surface area contributed by atoms with Crippen molar-refractivity contribution < 1.29 is 4.79 Å². The van der Waals surface area contributed by atoms with E-state index in [1.807, 2.05) is 25.1 Å². The molecule has 1 aromatic carbocycles. The van der Waals surface area contributed by atoms with Crippen LogP contribution in [0.2, 0.25) is 0 Å². The van der Waals surface area contributed by atoms with Crippen LogP contribution in [0.1, 0.15) is 28.8 Å². The van der Waals surface area contributed by atoms with Gasteiger partial charge in [-0.2, -0.15) is 0 Å². The Morgan fingerprint density at radius 3 is 2.94 bits per heavy atom. The molecule has 0 atom stereocenters. The van der Waals surface area contributed by atoms with E-state index in [1.165, 1.54) is 0 Å². The summed E-state index contributed by atoms with van der Waals surface area (Å²) in [6, 6.07) is 6.13. The van der Waals surface area contributed by atoms with Crippen molar-refractivity contribution in [3.8, 4) is 0 Å². The van der Waals surface area contributed by atoms with Crippen LogP contribution in [0.5, 0.6) is 0 Å². The third-order valence-corrected chi connectivity index (χ3v) is 2.85. The predicted molar refractivity (Wildman–Crippen MR) is 70.4 cm³/mol. The van der Waals surface area contributed by atoms with Gasteiger partial charge in [0, 0.05) is 23.8 Å². The van der Waals surface area contributed by atoms with Gasteiger partial charge in [-0.25, -0.2) is 0 Å². The highest BCUT2D eigenvalue weighted by Crippen LogP contribution is 2.21. The number of hydrogen-bond donors (Lipinski definition) is 2. The van der Waals surface area contributed by atoms with Crippen LogP contribution in [0.3, 0.4) is 0 Å². The first-order valence-electron chi connectivity index (χ1n) is 5.97. The number of benzene rings is 1. The highest BCUT2D eigenvalue weighted by molar-refractivity contribution is 5.95. The first-order chi connectivity index (χ1) is 8.20. The van der Waals surface area contributed by atoms with Gasteiger partial charge in [0.1, 0.15) is 0 Å². The van der Waals surface area contributed by atoms with Crippen molar-refractivity contribution in [1.82, 2.24) is 5.32 Å². The number of hydrogen-bond acceptors (Lipinski definition) is 2. The lowest BCUT2D eigenvalue weighted by atomic mass is 10.1. The van der Waals surface area contributed by atoms with E-state index in [1.54, 1.807) is 6.08 Å². The molecule has 3 nitrogen and oxygen atoms in total. The van der Waals surface area contributed by atoms with E-state index in [9.17, 15) is 4.79 Å². The molecule has 3 heteroatoms. The third-order valence-electron chi connectivity index (χ3n) is 2.85. The standard InChI is InChI=1S/C14H18N2O/c1-3-8-15-13-9-11(5-4-10(13)2)14(17)16-12-6-7-12/h3-5,9,12,15H,1,6-8H2,2H3,(H,16,17). The summed E-state index contributed by atoms with van der Waals surface area (Å²) in [5.74, 6) is 0.0224. The molecule has 1 saturated carbocycles. The van der Waals surface area contributed by atoms with Crippen LogP contribution in [0, 0.1) is 6.92 Å². The Kier molecular flexibility index (Phi) is 3.47. The highest BCUT2D eigenvalue weighted by Gasteiger charge is 2.23. The van der Waals surface area contributed by atoms with Crippen LogP contribution in [0.25, 0.3) is 0 Å². The average Bonchev–Trinajstić information content (AvgIpc) is 3.11. The molecule has 1 fully saturated rings. The fourth-order valence-electron chi connectivity index (χ4n) is 1.63. The van der Waals surface area contributed by atoms with E-state index in [-0.39, 0.29) is 5.91 Å².